The lowest BCUT2D eigenvalue weighted by atomic mass is 9.99. The van der Waals surface area contributed by atoms with E-state index < -0.39 is 6.10 Å². The van der Waals surface area contributed by atoms with Crippen LogP contribution in [-0.2, 0) is 0 Å². The van der Waals surface area contributed by atoms with Crippen LogP contribution in [0.4, 0.5) is 0 Å². The average molecular weight is 282 g/mol. The van der Waals surface area contributed by atoms with E-state index in [0.717, 1.165) is 23.3 Å². The van der Waals surface area contributed by atoms with Crippen LogP contribution in [0.3, 0.4) is 0 Å². The summed E-state index contributed by atoms with van der Waals surface area (Å²) in [6, 6.07) is 16.5. The molecule has 2 aromatic carbocycles. The molecule has 0 saturated heterocycles. The van der Waals surface area contributed by atoms with Crippen molar-refractivity contribution < 1.29 is 9.84 Å². The summed E-state index contributed by atoms with van der Waals surface area (Å²) in [5, 5.41) is 10.7. The third kappa shape index (κ3) is 2.96. The van der Waals surface area contributed by atoms with Gasteiger partial charge in [0.2, 0.25) is 0 Å². The van der Waals surface area contributed by atoms with E-state index in [1.54, 1.807) is 0 Å². The molecule has 0 amide bonds. The van der Waals surface area contributed by atoms with Crippen molar-refractivity contribution in [1.82, 2.24) is 0 Å². The highest BCUT2D eigenvalue weighted by Gasteiger charge is 2.44. The number of ether oxygens (including phenoxy) is 1. The van der Waals surface area contributed by atoms with Gasteiger partial charge in [-0.2, -0.15) is 0 Å². The number of aliphatic hydroxyl groups excluding tert-OH is 1. The Morgan fingerprint density at radius 1 is 1.19 bits per heavy atom. The Morgan fingerprint density at radius 2 is 1.95 bits per heavy atom. The Balaban J connectivity index is 1.80. The third-order valence-electron chi connectivity index (χ3n) is 4.26. The van der Waals surface area contributed by atoms with Crippen LogP contribution in [0.2, 0.25) is 0 Å². The second kappa shape index (κ2) is 5.90. The van der Waals surface area contributed by atoms with Gasteiger partial charge in [-0.3, -0.25) is 0 Å². The molecule has 0 aliphatic heterocycles. The van der Waals surface area contributed by atoms with Gasteiger partial charge in [0.05, 0.1) is 12.7 Å². The molecule has 0 radical (unpaired) electrons. The predicted molar refractivity (Wildman–Crippen MR) is 84.6 cm³/mol. The molecule has 1 aliphatic rings. The zero-order valence-corrected chi connectivity index (χ0v) is 12.6. The van der Waals surface area contributed by atoms with Crippen LogP contribution in [0.25, 0.3) is 0 Å². The normalized spacial score (nSPS) is 21.9. The number of aryl methyl sites for hydroxylation is 1. The summed E-state index contributed by atoms with van der Waals surface area (Å²) in [4.78, 5) is 0. The highest BCUT2D eigenvalue weighted by atomic mass is 16.5. The Labute approximate surface area is 126 Å². The Bertz CT molecular complexity index is 606. The van der Waals surface area contributed by atoms with Gasteiger partial charge < -0.3 is 9.84 Å². The van der Waals surface area contributed by atoms with E-state index in [-0.39, 0.29) is 0 Å². The number of aliphatic hydroxyl groups is 1. The van der Waals surface area contributed by atoms with Crippen molar-refractivity contribution in [3.8, 4) is 5.75 Å². The topological polar surface area (TPSA) is 29.5 Å². The maximum atomic E-state index is 10.7. The van der Waals surface area contributed by atoms with E-state index >= 15 is 0 Å². The Morgan fingerprint density at radius 3 is 2.67 bits per heavy atom. The molecule has 3 atom stereocenters. The van der Waals surface area contributed by atoms with Gasteiger partial charge >= 0.3 is 0 Å². The van der Waals surface area contributed by atoms with Crippen molar-refractivity contribution in [3.05, 3.63) is 65.2 Å². The number of hydrogen-bond donors (Lipinski definition) is 1. The standard InChI is InChI=1S/C19H22O2/c1-3-21-18-10-9-13(2)11-17(18)19(20)16-12-15(16)14-7-5-4-6-8-14/h4-11,15-16,19-20H,3,12H2,1-2H3. The van der Waals surface area contributed by atoms with Gasteiger partial charge in [0.1, 0.15) is 5.75 Å². The molecule has 0 aromatic heterocycles. The zero-order chi connectivity index (χ0) is 14.8. The van der Waals surface area contributed by atoms with E-state index in [2.05, 4.69) is 30.3 Å². The number of benzene rings is 2. The van der Waals surface area contributed by atoms with Gasteiger partial charge in [0, 0.05) is 5.56 Å². The molecular weight excluding hydrogens is 260 g/mol. The van der Waals surface area contributed by atoms with Gasteiger partial charge in [0.15, 0.2) is 0 Å². The lowest BCUT2D eigenvalue weighted by Crippen LogP contribution is -2.06. The zero-order valence-electron chi connectivity index (χ0n) is 12.6. The lowest BCUT2D eigenvalue weighted by molar-refractivity contribution is 0.146. The van der Waals surface area contributed by atoms with Crippen molar-refractivity contribution >= 4 is 0 Å². The first-order valence-corrected chi connectivity index (χ1v) is 7.67. The van der Waals surface area contributed by atoms with E-state index in [9.17, 15) is 5.11 Å². The molecule has 1 aliphatic carbocycles. The minimum atomic E-state index is -0.448. The summed E-state index contributed by atoms with van der Waals surface area (Å²) < 4.78 is 5.67. The largest absolute Gasteiger partial charge is 0.493 e. The number of rotatable bonds is 5. The summed E-state index contributed by atoms with van der Waals surface area (Å²) in [5.41, 5.74) is 3.41. The highest BCUT2D eigenvalue weighted by Crippen LogP contribution is 2.55. The van der Waals surface area contributed by atoms with Gasteiger partial charge in [-0.15, -0.1) is 0 Å². The Kier molecular flexibility index (Phi) is 3.98. The Hall–Kier alpha value is -1.80. The highest BCUT2D eigenvalue weighted by molar-refractivity contribution is 5.40. The molecule has 21 heavy (non-hydrogen) atoms. The fraction of sp³-hybridized carbons (Fsp3) is 0.368. The smallest absolute Gasteiger partial charge is 0.125 e. The van der Waals surface area contributed by atoms with Crippen LogP contribution >= 0.6 is 0 Å². The minimum Gasteiger partial charge on any atom is -0.493 e. The molecule has 1 N–H and O–H groups in total. The SMILES string of the molecule is CCOc1ccc(C)cc1C(O)C1CC1c1ccccc1. The molecule has 3 rings (SSSR count). The summed E-state index contributed by atoms with van der Waals surface area (Å²) in [7, 11) is 0. The molecule has 1 fully saturated rings. The second-order valence-electron chi connectivity index (χ2n) is 5.84. The molecule has 0 bridgehead atoms. The summed E-state index contributed by atoms with van der Waals surface area (Å²) >= 11 is 0. The van der Waals surface area contributed by atoms with Crippen LogP contribution < -0.4 is 4.74 Å². The van der Waals surface area contributed by atoms with E-state index in [0.29, 0.717) is 18.4 Å². The average Bonchev–Trinajstić information content (AvgIpc) is 3.30. The molecule has 2 heteroatoms. The van der Waals surface area contributed by atoms with Gasteiger partial charge in [-0.05, 0) is 49.8 Å². The van der Waals surface area contributed by atoms with Crippen molar-refractivity contribution in [1.29, 1.82) is 0 Å². The maximum absolute atomic E-state index is 10.7. The molecule has 0 heterocycles. The van der Waals surface area contributed by atoms with Crippen LogP contribution in [0.15, 0.2) is 48.5 Å². The second-order valence-corrected chi connectivity index (χ2v) is 5.84. The molecule has 3 unspecified atom stereocenters. The van der Waals surface area contributed by atoms with Gasteiger partial charge in [-0.1, -0.05) is 42.0 Å². The summed E-state index contributed by atoms with van der Waals surface area (Å²) in [6.07, 6.45) is 0.599. The molecule has 0 spiro atoms. The van der Waals surface area contributed by atoms with Crippen LogP contribution in [0.1, 0.15) is 42.1 Å². The molecular formula is C19H22O2. The fourth-order valence-electron chi connectivity index (χ4n) is 3.06. The molecule has 1 saturated carbocycles. The van der Waals surface area contributed by atoms with Crippen molar-refractivity contribution in [3.63, 3.8) is 0 Å². The molecule has 2 aromatic rings. The first-order valence-electron chi connectivity index (χ1n) is 7.67. The molecule has 2 nitrogen and oxygen atoms in total. The lowest BCUT2D eigenvalue weighted by Gasteiger charge is -2.16. The van der Waals surface area contributed by atoms with E-state index in [4.69, 9.17) is 4.74 Å². The van der Waals surface area contributed by atoms with Crippen LogP contribution in [-0.4, -0.2) is 11.7 Å². The van der Waals surface area contributed by atoms with Gasteiger partial charge in [-0.25, -0.2) is 0 Å². The molecule has 110 valence electrons. The van der Waals surface area contributed by atoms with Crippen LogP contribution in [0.5, 0.6) is 5.75 Å². The maximum Gasteiger partial charge on any atom is 0.125 e. The third-order valence-corrected chi connectivity index (χ3v) is 4.26. The predicted octanol–water partition coefficient (Wildman–Crippen LogP) is 4.23. The van der Waals surface area contributed by atoms with E-state index in [1.165, 1.54) is 5.56 Å². The monoisotopic (exact) mass is 282 g/mol. The minimum absolute atomic E-state index is 0.299. The fourth-order valence-corrected chi connectivity index (χ4v) is 3.06. The van der Waals surface area contributed by atoms with Crippen LogP contribution in [0, 0.1) is 12.8 Å². The van der Waals surface area contributed by atoms with Crippen molar-refractivity contribution in [2.75, 3.05) is 6.61 Å². The van der Waals surface area contributed by atoms with Crippen molar-refractivity contribution in [2.45, 2.75) is 32.3 Å². The quantitative estimate of drug-likeness (QED) is 0.889. The van der Waals surface area contributed by atoms with E-state index in [1.807, 2.05) is 32.0 Å². The van der Waals surface area contributed by atoms with Gasteiger partial charge in [0.25, 0.3) is 0 Å². The summed E-state index contributed by atoms with van der Waals surface area (Å²) in [6.45, 7) is 4.64. The summed E-state index contributed by atoms with van der Waals surface area (Å²) in [5.74, 6) is 1.58. The number of hydrogen-bond acceptors (Lipinski definition) is 2. The first kappa shape index (κ1) is 14.2. The first-order chi connectivity index (χ1) is 10.2. The van der Waals surface area contributed by atoms with Crippen molar-refractivity contribution in [2.24, 2.45) is 5.92 Å².